The van der Waals surface area contributed by atoms with E-state index in [9.17, 15) is 9.59 Å². The van der Waals surface area contributed by atoms with Crippen molar-refractivity contribution in [2.24, 2.45) is 5.92 Å². The minimum absolute atomic E-state index is 0.179. The van der Waals surface area contributed by atoms with E-state index in [1.807, 2.05) is 19.9 Å². The predicted molar refractivity (Wildman–Crippen MR) is 77.6 cm³/mol. The average Bonchev–Trinajstić information content (AvgIpc) is 2.76. The van der Waals surface area contributed by atoms with Crippen LogP contribution >= 0.6 is 15.9 Å². The molecule has 2 amide bonds. The highest BCUT2D eigenvalue weighted by Crippen LogP contribution is 2.24. The number of likely N-dealkylation sites (tertiary alicyclic amines) is 1. The largest absolute Gasteiger partial charge is 0.465 e. The summed E-state index contributed by atoms with van der Waals surface area (Å²) < 4.78 is 0.619. The fraction of sp³-hybridized carbons (Fsp3) is 0.462. The van der Waals surface area contributed by atoms with E-state index < -0.39 is 12.1 Å². The van der Waals surface area contributed by atoms with E-state index in [2.05, 4.69) is 26.2 Å². The molecule has 0 spiro atoms. The summed E-state index contributed by atoms with van der Waals surface area (Å²) in [5.74, 6) is 0.304. The van der Waals surface area contributed by atoms with Crippen LogP contribution in [0.3, 0.4) is 0 Å². The van der Waals surface area contributed by atoms with Crippen molar-refractivity contribution in [2.75, 3.05) is 11.9 Å². The molecular weight excluding hydrogens is 326 g/mol. The van der Waals surface area contributed by atoms with Gasteiger partial charge in [-0.15, -0.1) is 0 Å². The molecular formula is C13H16BrN3O3. The first kappa shape index (κ1) is 14.8. The Morgan fingerprint density at radius 1 is 1.50 bits per heavy atom. The number of rotatable bonds is 2. The van der Waals surface area contributed by atoms with Crippen molar-refractivity contribution in [3.63, 3.8) is 0 Å². The van der Waals surface area contributed by atoms with Gasteiger partial charge in [0, 0.05) is 6.54 Å². The van der Waals surface area contributed by atoms with E-state index >= 15 is 0 Å². The number of anilines is 1. The van der Waals surface area contributed by atoms with E-state index in [1.54, 1.807) is 6.07 Å². The number of aromatic nitrogens is 1. The van der Waals surface area contributed by atoms with Crippen LogP contribution < -0.4 is 5.32 Å². The highest BCUT2D eigenvalue weighted by Gasteiger charge is 2.38. The number of hydrogen-bond acceptors (Lipinski definition) is 3. The second kappa shape index (κ2) is 5.78. The van der Waals surface area contributed by atoms with E-state index in [0.717, 1.165) is 5.56 Å². The van der Waals surface area contributed by atoms with Crippen LogP contribution in [-0.4, -0.2) is 39.6 Å². The van der Waals surface area contributed by atoms with Gasteiger partial charge >= 0.3 is 6.09 Å². The molecule has 1 saturated heterocycles. The number of halogens is 1. The topological polar surface area (TPSA) is 82.5 Å². The molecule has 108 valence electrons. The highest BCUT2D eigenvalue weighted by atomic mass is 79.9. The normalized spacial score (nSPS) is 21.9. The van der Waals surface area contributed by atoms with Crippen LogP contribution in [0.25, 0.3) is 0 Å². The van der Waals surface area contributed by atoms with Crippen LogP contribution in [0.2, 0.25) is 0 Å². The molecule has 6 nitrogen and oxygen atoms in total. The molecule has 0 bridgehead atoms. The molecule has 1 aliphatic heterocycles. The first-order chi connectivity index (χ1) is 9.38. The summed E-state index contributed by atoms with van der Waals surface area (Å²) in [6.45, 7) is 4.16. The number of carboxylic acid groups (broad SMARTS) is 1. The van der Waals surface area contributed by atoms with Crippen LogP contribution in [-0.2, 0) is 4.79 Å². The molecule has 2 rings (SSSR count). The Hall–Kier alpha value is -1.63. The summed E-state index contributed by atoms with van der Waals surface area (Å²) in [5.41, 5.74) is 0.828. The van der Waals surface area contributed by atoms with Crippen molar-refractivity contribution in [1.29, 1.82) is 0 Å². The quantitative estimate of drug-likeness (QED) is 0.809. The summed E-state index contributed by atoms with van der Waals surface area (Å²) in [5, 5.41) is 11.9. The fourth-order valence-corrected chi connectivity index (χ4v) is 2.65. The molecule has 0 unspecified atom stereocenters. The van der Waals surface area contributed by atoms with Gasteiger partial charge in [0.05, 0.1) is 0 Å². The van der Waals surface area contributed by atoms with Gasteiger partial charge in [0.2, 0.25) is 5.91 Å². The Bertz CT molecular complexity index is 550. The van der Waals surface area contributed by atoms with Crippen molar-refractivity contribution < 1.29 is 14.7 Å². The minimum atomic E-state index is -1.06. The number of nitrogens with zero attached hydrogens (tertiary/aromatic N) is 2. The van der Waals surface area contributed by atoms with Gasteiger partial charge in [-0.05, 0) is 46.8 Å². The average molecular weight is 342 g/mol. The number of pyridine rings is 1. The van der Waals surface area contributed by atoms with Gasteiger partial charge in [0.25, 0.3) is 0 Å². The first-order valence-electron chi connectivity index (χ1n) is 6.32. The molecule has 0 aromatic carbocycles. The lowest BCUT2D eigenvalue weighted by atomic mass is 10.1. The van der Waals surface area contributed by atoms with Crippen molar-refractivity contribution in [1.82, 2.24) is 9.88 Å². The predicted octanol–water partition coefficient (Wildman–Crippen LogP) is 2.48. The van der Waals surface area contributed by atoms with Crippen molar-refractivity contribution in [3.8, 4) is 0 Å². The monoisotopic (exact) mass is 341 g/mol. The third-order valence-corrected chi connectivity index (χ3v) is 3.80. The standard InChI is InChI=1S/C13H16BrN3O3/c1-7-5-9(17(6-7)13(19)20)12(18)16-11-8(2)3-4-10(14)15-11/h3-4,7,9H,5-6H2,1-2H3,(H,19,20)(H,15,16,18)/t7-,9+/m1/s1. The van der Waals surface area contributed by atoms with Crippen LogP contribution in [0, 0.1) is 12.8 Å². The molecule has 0 radical (unpaired) electrons. The van der Waals surface area contributed by atoms with Crippen LogP contribution in [0.4, 0.5) is 10.6 Å². The number of amides is 2. The van der Waals surface area contributed by atoms with E-state index in [0.29, 0.717) is 23.4 Å². The molecule has 1 aromatic heterocycles. The molecule has 0 aliphatic carbocycles. The van der Waals surface area contributed by atoms with Gasteiger partial charge in [0.15, 0.2) is 0 Å². The highest BCUT2D eigenvalue weighted by molar-refractivity contribution is 9.10. The molecule has 20 heavy (non-hydrogen) atoms. The minimum Gasteiger partial charge on any atom is -0.465 e. The molecule has 2 heterocycles. The zero-order valence-electron chi connectivity index (χ0n) is 11.3. The van der Waals surface area contributed by atoms with E-state index in [4.69, 9.17) is 5.11 Å². The number of carbonyl (C=O) groups is 2. The van der Waals surface area contributed by atoms with Crippen LogP contribution in [0.15, 0.2) is 16.7 Å². The maximum atomic E-state index is 12.3. The van der Waals surface area contributed by atoms with Gasteiger partial charge in [-0.2, -0.15) is 0 Å². The Balaban J connectivity index is 2.15. The summed E-state index contributed by atoms with van der Waals surface area (Å²) in [4.78, 5) is 28.8. The lowest BCUT2D eigenvalue weighted by Crippen LogP contribution is -2.42. The number of aryl methyl sites for hydroxylation is 1. The Morgan fingerprint density at radius 2 is 2.20 bits per heavy atom. The zero-order valence-corrected chi connectivity index (χ0v) is 12.8. The summed E-state index contributed by atoms with van der Waals surface area (Å²) in [6.07, 6.45) is -0.529. The van der Waals surface area contributed by atoms with E-state index in [1.165, 1.54) is 4.90 Å². The van der Waals surface area contributed by atoms with Crippen molar-refractivity contribution in [3.05, 3.63) is 22.3 Å². The molecule has 1 aromatic rings. The third kappa shape index (κ3) is 3.09. The molecule has 1 aliphatic rings. The smallest absolute Gasteiger partial charge is 0.407 e. The number of nitrogens with one attached hydrogen (secondary N) is 1. The lowest BCUT2D eigenvalue weighted by molar-refractivity contribution is -0.119. The fourth-order valence-electron chi connectivity index (χ4n) is 2.34. The molecule has 2 N–H and O–H groups in total. The maximum absolute atomic E-state index is 12.3. The van der Waals surface area contributed by atoms with Gasteiger partial charge in [-0.25, -0.2) is 9.78 Å². The lowest BCUT2D eigenvalue weighted by Gasteiger charge is -2.20. The van der Waals surface area contributed by atoms with Crippen LogP contribution in [0.1, 0.15) is 18.9 Å². The summed E-state index contributed by atoms with van der Waals surface area (Å²) in [6, 6.07) is 2.97. The van der Waals surface area contributed by atoms with Gasteiger partial charge in [-0.1, -0.05) is 13.0 Å². The van der Waals surface area contributed by atoms with Crippen LogP contribution in [0.5, 0.6) is 0 Å². The first-order valence-corrected chi connectivity index (χ1v) is 7.11. The number of hydrogen-bond donors (Lipinski definition) is 2. The molecule has 1 fully saturated rings. The molecule has 0 saturated carbocycles. The van der Waals surface area contributed by atoms with Gasteiger partial charge in [-0.3, -0.25) is 9.69 Å². The Morgan fingerprint density at radius 3 is 2.85 bits per heavy atom. The van der Waals surface area contributed by atoms with Crippen molar-refractivity contribution in [2.45, 2.75) is 26.3 Å². The number of carbonyl (C=O) groups excluding carboxylic acids is 1. The van der Waals surface area contributed by atoms with Gasteiger partial charge < -0.3 is 10.4 Å². The van der Waals surface area contributed by atoms with Gasteiger partial charge in [0.1, 0.15) is 16.5 Å². The second-order valence-electron chi connectivity index (χ2n) is 5.08. The zero-order chi connectivity index (χ0) is 14.9. The second-order valence-corrected chi connectivity index (χ2v) is 5.89. The summed E-state index contributed by atoms with van der Waals surface area (Å²) in [7, 11) is 0. The van der Waals surface area contributed by atoms with E-state index in [-0.39, 0.29) is 11.8 Å². The molecule has 2 atom stereocenters. The van der Waals surface area contributed by atoms with Crippen molar-refractivity contribution >= 4 is 33.7 Å². The Kier molecular flexibility index (Phi) is 4.27. The maximum Gasteiger partial charge on any atom is 0.407 e. The summed E-state index contributed by atoms with van der Waals surface area (Å²) >= 11 is 3.25. The Labute approximate surface area is 125 Å². The third-order valence-electron chi connectivity index (χ3n) is 3.36. The SMILES string of the molecule is Cc1ccc(Br)nc1NC(=O)[C@@H]1C[C@@H](C)CN1C(=O)O. The molecule has 7 heteroatoms.